The number of sulfone groups is 1. The predicted molar refractivity (Wildman–Crippen MR) is 102 cm³/mol. The molecule has 3 rings (SSSR count). The Bertz CT molecular complexity index is 850. The zero-order chi connectivity index (χ0) is 18.0. The van der Waals surface area contributed by atoms with E-state index in [0.717, 1.165) is 28.6 Å². The lowest BCUT2D eigenvalue weighted by Gasteiger charge is -2.32. The van der Waals surface area contributed by atoms with Gasteiger partial charge in [-0.2, -0.15) is 0 Å². The van der Waals surface area contributed by atoms with Crippen molar-refractivity contribution in [3.63, 3.8) is 0 Å². The number of amides is 1. The average molecular weight is 381 g/mol. The molecule has 1 aliphatic heterocycles. The summed E-state index contributed by atoms with van der Waals surface area (Å²) >= 11 is 1.59. The zero-order valence-electron chi connectivity index (χ0n) is 14.6. The number of hydrogen-bond donors (Lipinski definition) is 0. The molecule has 0 saturated carbocycles. The normalized spacial score (nSPS) is 16.7. The van der Waals surface area contributed by atoms with E-state index >= 15 is 0 Å². The Balaban J connectivity index is 1.54. The summed E-state index contributed by atoms with van der Waals surface area (Å²) in [5.74, 6) is 0.523. The van der Waals surface area contributed by atoms with Gasteiger partial charge in [-0.05, 0) is 50.3 Å². The van der Waals surface area contributed by atoms with E-state index in [4.69, 9.17) is 0 Å². The number of benzene rings is 1. The van der Waals surface area contributed by atoms with Crippen LogP contribution in [0.3, 0.4) is 0 Å². The van der Waals surface area contributed by atoms with Gasteiger partial charge in [0.1, 0.15) is 0 Å². The van der Waals surface area contributed by atoms with Crippen LogP contribution in [-0.2, 0) is 21.1 Å². The highest BCUT2D eigenvalue weighted by molar-refractivity contribution is 7.91. The number of piperidine rings is 1. The van der Waals surface area contributed by atoms with E-state index in [1.807, 2.05) is 28.6 Å². The Morgan fingerprint density at radius 1 is 1.32 bits per heavy atom. The van der Waals surface area contributed by atoms with E-state index < -0.39 is 9.84 Å². The summed E-state index contributed by atoms with van der Waals surface area (Å²) in [5.41, 5.74) is 3.73. The SMILES string of the molecule is CC(C)S(=O)(=O)CC1CCN(C(=O)Cc2ccc3scnc3c2)CC1. The summed E-state index contributed by atoms with van der Waals surface area (Å²) in [7, 11) is -3.01. The predicted octanol–water partition coefficient (Wildman–Crippen LogP) is 2.90. The minimum atomic E-state index is -3.01. The van der Waals surface area contributed by atoms with Crippen LogP contribution in [0.15, 0.2) is 23.7 Å². The van der Waals surface area contributed by atoms with E-state index in [0.29, 0.717) is 19.5 Å². The zero-order valence-corrected chi connectivity index (χ0v) is 16.3. The Morgan fingerprint density at radius 2 is 2.04 bits per heavy atom. The number of nitrogens with zero attached hydrogens (tertiary/aromatic N) is 2. The van der Waals surface area contributed by atoms with Crippen LogP contribution in [0, 0.1) is 5.92 Å². The molecule has 2 aromatic rings. The van der Waals surface area contributed by atoms with Crippen LogP contribution in [-0.4, -0.2) is 48.3 Å². The monoisotopic (exact) mass is 380 g/mol. The second-order valence-electron chi connectivity index (χ2n) is 7.03. The minimum absolute atomic E-state index is 0.111. The van der Waals surface area contributed by atoms with Gasteiger partial charge in [-0.3, -0.25) is 4.79 Å². The molecule has 7 heteroatoms. The Labute approximate surface area is 153 Å². The standard InChI is InChI=1S/C18H24N2O3S2/c1-13(2)25(22,23)11-14-5-7-20(8-6-14)18(21)10-15-3-4-17-16(9-15)19-12-24-17/h3-4,9,12-14H,5-8,10-11H2,1-2H3. The fourth-order valence-corrected chi connectivity index (χ4v) is 5.20. The lowest BCUT2D eigenvalue weighted by atomic mass is 9.98. The van der Waals surface area contributed by atoms with Gasteiger partial charge in [-0.25, -0.2) is 13.4 Å². The van der Waals surface area contributed by atoms with Crippen molar-refractivity contribution in [3.05, 3.63) is 29.3 Å². The molecule has 1 fully saturated rings. The van der Waals surface area contributed by atoms with Crippen molar-refractivity contribution >= 4 is 37.3 Å². The van der Waals surface area contributed by atoms with Gasteiger partial charge in [0.05, 0.1) is 33.2 Å². The molecule has 0 N–H and O–H groups in total. The first-order valence-corrected chi connectivity index (χ1v) is 11.3. The molecule has 0 atom stereocenters. The maximum Gasteiger partial charge on any atom is 0.226 e. The van der Waals surface area contributed by atoms with Gasteiger partial charge in [-0.15, -0.1) is 11.3 Å². The molecule has 136 valence electrons. The fourth-order valence-electron chi connectivity index (χ4n) is 3.17. The number of likely N-dealkylation sites (tertiary alicyclic amines) is 1. The Hall–Kier alpha value is -1.47. The average Bonchev–Trinajstić information content (AvgIpc) is 3.02. The van der Waals surface area contributed by atoms with Crippen molar-refractivity contribution in [2.75, 3.05) is 18.8 Å². The molecule has 0 radical (unpaired) electrons. The minimum Gasteiger partial charge on any atom is -0.342 e. The third-order valence-electron chi connectivity index (χ3n) is 4.90. The summed E-state index contributed by atoms with van der Waals surface area (Å²) in [6.45, 7) is 4.76. The first kappa shape index (κ1) is 18.3. The molecular formula is C18H24N2O3S2. The quantitative estimate of drug-likeness (QED) is 0.800. The molecule has 1 aromatic carbocycles. The molecule has 1 aromatic heterocycles. The number of thiazole rings is 1. The number of rotatable bonds is 5. The van der Waals surface area contributed by atoms with Crippen LogP contribution in [0.4, 0.5) is 0 Å². The topological polar surface area (TPSA) is 67.3 Å². The number of aromatic nitrogens is 1. The van der Waals surface area contributed by atoms with Crippen molar-refractivity contribution in [2.45, 2.75) is 38.4 Å². The highest BCUT2D eigenvalue weighted by Gasteiger charge is 2.28. The summed E-state index contributed by atoms with van der Waals surface area (Å²) in [5, 5.41) is -0.326. The van der Waals surface area contributed by atoms with E-state index in [9.17, 15) is 13.2 Å². The molecule has 1 amide bonds. The number of hydrogen-bond acceptors (Lipinski definition) is 5. The Kier molecular flexibility index (Phi) is 5.43. The third-order valence-corrected chi connectivity index (χ3v) is 8.09. The number of carbonyl (C=O) groups is 1. The van der Waals surface area contributed by atoms with E-state index in [1.54, 1.807) is 25.2 Å². The van der Waals surface area contributed by atoms with E-state index in [1.165, 1.54) is 0 Å². The molecule has 25 heavy (non-hydrogen) atoms. The molecule has 0 aliphatic carbocycles. The first-order valence-electron chi connectivity index (χ1n) is 8.66. The van der Waals surface area contributed by atoms with Gasteiger partial charge in [0, 0.05) is 13.1 Å². The molecule has 2 heterocycles. The lowest BCUT2D eigenvalue weighted by molar-refractivity contribution is -0.131. The molecule has 0 bridgehead atoms. The number of carbonyl (C=O) groups excluding carboxylic acids is 1. The van der Waals surface area contributed by atoms with Gasteiger partial charge in [0.25, 0.3) is 0 Å². The van der Waals surface area contributed by atoms with Crippen LogP contribution in [0.1, 0.15) is 32.3 Å². The third kappa shape index (κ3) is 4.39. The second kappa shape index (κ2) is 7.41. The molecule has 5 nitrogen and oxygen atoms in total. The van der Waals surface area contributed by atoms with Gasteiger partial charge < -0.3 is 4.90 Å². The van der Waals surface area contributed by atoms with Crippen molar-refractivity contribution < 1.29 is 13.2 Å². The molecular weight excluding hydrogens is 356 g/mol. The summed E-state index contributed by atoms with van der Waals surface area (Å²) in [6, 6.07) is 5.98. The lowest BCUT2D eigenvalue weighted by Crippen LogP contribution is -2.41. The summed E-state index contributed by atoms with van der Waals surface area (Å²) in [6.07, 6.45) is 1.91. The van der Waals surface area contributed by atoms with E-state index in [-0.39, 0.29) is 22.8 Å². The van der Waals surface area contributed by atoms with Crippen molar-refractivity contribution in [1.29, 1.82) is 0 Å². The molecule has 0 spiro atoms. The summed E-state index contributed by atoms with van der Waals surface area (Å²) in [4.78, 5) is 18.7. The Morgan fingerprint density at radius 3 is 2.72 bits per heavy atom. The largest absolute Gasteiger partial charge is 0.342 e. The highest BCUT2D eigenvalue weighted by atomic mass is 32.2. The molecule has 1 aliphatic rings. The van der Waals surface area contributed by atoms with Crippen LogP contribution < -0.4 is 0 Å². The highest BCUT2D eigenvalue weighted by Crippen LogP contribution is 2.23. The van der Waals surface area contributed by atoms with Crippen molar-refractivity contribution in [3.8, 4) is 0 Å². The van der Waals surface area contributed by atoms with Gasteiger partial charge in [0.2, 0.25) is 5.91 Å². The van der Waals surface area contributed by atoms with Crippen LogP contribution in [0.2, 0.25) is 0 Å². The van der Waals surface area contributed by atoms with Crippen molar-refractivity contribution in [1.82, 2.24) is 9.88 Å². The van der Waals surface area contributed by atoms with Gasteiger partial charge >= 0.3 is 0 Å². The van der Waals surface area contributed by atoms with Crippen LogP contribution in [0.25, 0.3) is 10.2 Å². The maximum absolute atomic E-state index is 12.5. The van der Waals surface area contributed by atoms with Gasteiger partial charge in [0.15, 0.2) is 9.84 Å². The molecule has 1 saturated heterocycles. The first-order chi connectivity index (χ1) is 11.8. The van der Waals surface area contributed by atoms with Gasteiger partial charge in [-0.1, -0.05) is 6.07 Å². The molecule has 0 unspecified atom stereocenters. The summed E-state index contributed by atoms with van der Waals surface area (Å²) < 4.78 is 25.2. The van der Waals surface area contributed by atoms with Crippen LogP contribution in [0.5, 0.6) is 0 Å². The maximum atomic E-state index is 12.5. The van der Waals surface area contributed by atoms with Crippen LogP contribution >= 0.6 is 11.3 Å². The smallest absolute Gasteiger partial charge is 0.226 e. The number of fused-ring (bicyclic) bond motifs is 1. The second-order valence-corrected chi connectivity index (χ2v) is 10.5. The fraction of sp³-hybridized carbons (Fsp3) is 0.556. The van der Waals surface area contributed by atoms with Crippen molar-refractivity contribution in [2.24, 2.45) is 5.92 Å². The van der Waals surface area contributed by atoms with E-state index in [2.05, 4.69) is 4.98 Å².